The molecule has 1 fully saturated rings. The second-order valence-corrected chi connectivity index (χ2v) is 7.58. The highest BCUT2D eigenvalue weighted by atomic mass is 32.1. The van der Waals surface area contributed by atoms with Crippen molar-refractivity contribution in [3.05, 3.63) is 10.8 Å². The summed E-state index contributed by atoms with van der Waals surface area (Å²) in [5.41, 5.74) is 6.39. The van der Waals surface area contributed by atoms with Crippen molar-refractivity contribution in [2.75, 3.05) is 7.11 Å². The van der Waals surface area contributed by atoms with Gasteiger partial charge in [0.25, 0.3) is 0 Å². The van der Waals surface area contributed by atoms with Gasteiger partial charge in [-0.1, -0.05) is 32.1 Å². The molecule has 21 heavy (non-hydrogen) atoms. The Morgan fingerprint density at radius 1 is 1.38 bits per heavy atom. The normalized spacial score (nSPS) is 29.1. The largest absolute Gasteiger partial charge is 0.377 e. The van der Waals surface area contributed by atoms with Crippen molar-refractivity contribution in [1.82, 2.24) is 19.8 Å². The summed E-state index contributed by atoms with van der Waals surface area (Å²) < 4.78 is 6.96. The average molecular weight is 309 g/mol. The summed E-state index contributed by atoms with van der Waals surface area (Å²) in [5.74, 6) is 1.66. The minimum Gasteiger partial charge on any atom is -0.377 e. The number of nitrogens with two attached hydrogens (primary N) is 1. The number of hydrogen-bond donors (Lipinski definition) is 1. The van der Waals surface area contributed by atoms with Crippen molar-refractivity contribution in [1.29, 1.82) is 0 Å². The molecular formula is C14H23N5OS. The smallest absolute Gasteiger partial charge is 0.234 e. The first-order chi connectivity index (χ1) is 9.95. The van der Waals surface area contributed by atoms with E-state index in [1.54, 1.807) is 18.4 Å². The van der Waals surface area contributed by atoms with Gasteiger partial charge in [-0.25, -0.2) is 0 Å². The van der Waals surface area contributed by atoms with Crippen LogP contribution in [0.5, 0.6) is 0 Å². The zero-order valence-electron chi connectivity index (χ0n) is 13.0. The predicted molar refractivity (Wildman–Crippen MR) is 82.3 cm³/mol. The van der Waals surface area contributed by atoms with Gasteiger partial charge in [-0.3, -0.25) is 0 Å². The van der Waals surface area contributed by atoms with Crippen molar-refractivity contribution in [2.45, 2.75) is 52.2 Å². The Balaban J connectivity index is 1.96. The van der Waals surface area contributed by atoms with E-state index in [-0.39, 0.29) is 11.5 Å². The topological polar surface area (TPSA) is 78.3 Å². The monoisotopic (exact) mass is 309 g/mol. The molecule has 0 saturated heterocycles. The molecule has 0 spiro atoms. The molecule has 1 aliphatic carbocycles. The lowest BCUT2D eigenvalue weighted by molar-refractivity contribution is 0.0985. The Hall–Kier alpha value is -1.05. The molecule has 0 aliphatic heterocycles. The second kappa shape index (κ2) is 5.30. The number of ether oxygens (including phenoxy) is 1. The predicted octanol–water partition coefficient (Wildman–Crippen LogP) is 2.20. The molecule has 1 aliphatic rings. The molecule has 0 aromatic carbocycles. The average Bonchev–Trinajstić information content (AvgIpc) is 2.98. The maximum absolute atomic E-state index is 6.25. The third-order valence-electron chi connectivity index (χ3n) is 5.15. The number of aromatic nitrogens is 4. The first-order valence-corrected chi connectivity index (χ1v) is 8.22. The van der Waals surface area contributed by atoms with Crippen LogP contribution >= 0.6 is 11.3 Å². The lowest BCUT2D eigenvalue weighted by Gasteiger charge is -2.45. The van der Waals surface area contributed by atoms with Gasteiger partial charge in [0.1, 0.15) is 11.6 Å². The fraction of sp³-hybridized carbons (Fsp3) is 0.786. The molecule has 6 nitrogen and oxygen atoms in total. The van der Waals surface area contributed by atoms with E-state index in [0.29, 0.717) is 18.4 Å². The van der Waals surface area contributed by atoms with Crippen molar-refractivity contribution in [3.63, 3.8) is 0 Å². The van der Waals surface area contributed by atoms with Gasteiger partial charge in [0, 0.05) is 19.1 Å². The molecule has 0 bridgehead atoms. The highest BCUT2D eigenvalue weighted by Gasteiger charge is 2.43. The van der Waals surface area contributed by atoms with E-state index >= 15 is 0 Å². The maximum atomic E-state index is 6.25. The van der Waals surface area contributed by atoms with Gasteiger partial charge in [-0.05, 0) is 24.2 Å². The highest BCUT2D eigenvalue weighted by Crippen LogP contribution is 2.50. The Morgan fingerprint density at radius 2 is 2.14 bits per heavy atom. The molecule has 3 rings (SSSR count). The number of fused-ring (bicyclic) bond motifs is 1. The van der Waals surface area contributed by atoms with Crippen LogP contribution in [0.2, 0.25) is 0 Å². The minimum atomic E-state index is 0.141. The molecule has 2 aromatic heterocycles. The van der Waals surface area contributed by atoms with Gasteiger partial charge in [0.15, 0.2) is 5.82 Å². The quantitative estimate of drug-likeness (QED) is 0.940. The van der Waals surface area contributed by atoms with Crippen molar-refractivity contribution in [3.8, 4) is 0 Å². The van der Waals surface area contributed by atoms with E-state index in [1.807, 2.05) is 4.52 Å². The van der Waals surface area contributed by atoms with Crippen LogP contribution in [-0.4, -0.2) is 33.0 Å². The van der Waals surface area contributed by atoms with Crippen LogP contribution in [0.25, 0.3) is 4.96 Å². The molecule has 3 atom stereocenters. The molecule has 2 N–H and O–H groups in total. The van der Waals surface area contributed by atoms with Crippen molar-refractivity contribution >= 4 is 16.3 Å². The Labute approximate surface area is 128 Å². The minimum absolute atomic E-state index is 0.141. The van der Waals surface area contributed by atoms with Crippen LogP contribution in [-0.2, 0) is 11.3 Å². The SMILES string of the molecule is COCc1nnc2sc(C3CCC(N)C(C)C3(C)C)nn12. The Morgan fingerprint density at radius 3 is 2.86 bits per heavy atom. The first kappa shape index (κ1) is 14.9. The van der Waals surface area contributed by atoms with Gasteiger partial charge < -0.3 is 10.5 Å². The number of nitrogens with zero attached hydrogens (tertiary/aromatic N) is 4. The molecule has 7 heteroatoms. The summed E-state index contributed by atoms with van der Waals surface area (Å²) in [6, 6.07) is 0.283. The Bertz CT molecular complexity index is 634. The van der Waals surface area contributed by atoms with E-state index in [9.17, 15) is 0 Å². The standard InChI is InChI=1S/C14H23N5OS/c1-8-10(15)6-5-9(14(8,2)3)12-18-19-11(7-20-4)16-17-13(19)21-12/h8-10H,5-7,15H2,1-4H3. The maximum Gasteiger partial charge on any atom is 0.234 e. The first-order valence-electron chi connectivity index (χ1n) is 7.40. The molecule has 2 heterocycles. The highest BCUT2D eigenvalue weighted by molar-refractivity contribution is 7.16. The van der Waals surface area contributed by atoms with Crippen molar-refractivity contribution in [2.24, 2.45) is 17.1 Å². The van der Waals surface area contributed by atoms with E-state index in [1.165, 1.54) is 0 Å². The Kier molecular flexibility index (Phi) is 3.75. The van der Waals surface area contributed by atoms with E-state index in [2.05, 4.69) is 31.0 Å². The van der Waals surface area contributed by atoms with Crippen LogP contribution in [0.4, 0.5) is 0 Å². The van der Waals surface area contributed by atoms with E-state index < -0.39 is 0 Å². The third-order valence-corrected chi connectivity index (χ3v) is 6.16. The van der Waals surface area contributed by atoms with E-state index in [0.717, 1.165) is 28.6 Å². The number of rotatable bonds is 3. The van der Waals surface area contributed by atoms with Gasteiger partial charge in [-0.15, -0.1) is 10.2 Å². The molecule has 0 radical (unpaired) electrons. The third kappa shape index (κ3) is 2.37. The molecule has 116 valence electrons. The van der Waals surface area contributed by atoms with Crippen molar-refractivity contribution < 1.29 is 4.74 Å². The van der Waals surface area contributed by atoms with Gasteiger partial charge in [0.05, 0.1) is 0 Å². The summed E-state index contributed by atoms with van der Waals surface area (Å²) >= 11 is 1.64. The fourth-order valence-corrected chi connectivity index (χ4v) is 4.51. The van der Waals surface area contributed by atoms with Gasteiger partial charge >= 0.3 is 0 Å². The zero-order chi connectivity index (χ0) is 15.2. The summed E-state index contributed by atoms with van der Waals surface area (Å²) in [6.45, 7) is 7.30. The summed E-state index contributed by atoms with van der Waals surface area (Å²) in [5, 5.41) is 14.2. The number of hydrogen-bond acceptors (Lipinski definition) is 6. The fourth-order valence-electron chi connectivity index (χ4n) is 3.32. The van der Waals surface area contributed by atoms with Gasteiger partial charge in [0.2, 0.25) is 4.96 Å². The summed E-state index contributed by atoms with van der Waals surface area (Å²) in [7, 11) is 1.65. The molecule has 0 amide bonds. The van der Waals surface area contributed by atoms with Gasteiger partial charge in [-0.2, -0.15) is 9.61 Å². The summed E-state index contributed by atoms with van der Waals surface area (Å²) in [4.78, 5) is 0.843. The zero-order valence-corrected chi connectivity index (χ0v) is 13.9. The van der Waals surface area contributed by atoms with Crippen LogP contribution in [0.15, 0.2) is 0 Å². The lowest BCUT2D eigenvalue weighted by Crippen LogP contribution is -2.45. The lowest BCUT2D eigenvalue weighted by atomic mass is 9.61. The van der Waals surface area contributed by atoms with Crippen LogP contribution in [0.1, 0.15) is 50.4 Å². The van der Waals surface area contributed by atoms with Crippen LogP contribution < -0.4 is 5.73 Å². The van der Waals surface area contributed by atoms with Crippen LogP contribution in [0.3, 0.4) is 0 Å². The second-order valence-electron chi connectivity index (χ2n) is 6.59. The molecule has 2 aromatic rings. The van der Waals surface area contributed by atoms with E-state index in [4.69, 9.17) is 15.6 Å². The molecule has 3 unspecified atom stereocenters. The van der Waals surface area contributed by atoms with Crippen LogP contribution in [0, 0.1) is 11.3 Å². The molecule has 1 saturated carbocycles. The summed E-state index contributed by atoms with van der Waals surface area (Å²) in [6.07, 6.45) is 2.14. The number of methoxy groups -OCH3 is 1. The molecular weight excluding hydrogens is 286 g/mol.